The molecule has 1 N–H and O–H groups in total. The van der Waals surface area contributed by atoms with E-state index >= 15 is 0 Å². The molecule has 36 heavy (non-hydrogen) atoms. The fourth-order valence-electron chi connectivity index (χ4n) is 3.86. The molecule has 7 heteroatoms. The highest BCUT2D eigenvalue weighted by Crippen LogP contribution is 2.41. The second kappa shape index (κ2) is 10.5. The molecular weight excluding hydrogens is 452 g/mol. The Morgan fingerprint density at radius 1 is 0.972 bits per heavy atom. The molecule has 1 heterocycles. The van der Waals surface area contributed by atoms with E-state index in [0.717, 1.165) is 28.1 Å². The number of esters is 1. The van der Waals surface area contributed by atoms with Gasteiger partial charge in [-0.15, -0.1) is 0 Å². The van der Waals surface area contributed by atoms with Gasteiger partial charge in [-0.05, 0) is 48.9 Å². The Bertz CT molecular complexity index is 1390. The smallest absolute Gasteiger partial charge is 0.309 e. The van der Waals surface area contributed by atoms with E-state index in [9.17, 15) is 9.59 Å². The van der Waals surface area contributed by atoms with Crippen LogP contribution in [0.3, 0.4) is 0 Å². The van der Waals surface area contributed by atoms with Crippen molar-refractivity contribution >= 4 is 23.3 Å². The lowest BCUT2D eigenvalue weighted by molar-refractivity contribution is -0.132. The molecule has 0 radical (unpaired) electrons. The zero-order valence-corrected chi connectivity index (χ0v) is 21.2. The van der Waals surface area contributed by atoms with Crippen LogP contribution in [0.2, 0.25) is 0 Å². The van der Waals surface area contributed by atoms with Crippen LogP contribution in [0.4, 0.5) is 11.4 Å². The quantitative estimate of drug-likeness (QED) is 0.334. The molecule has 1 aromatic heterocycles. The van der Waals surface area contributed by atoms with Gasteiger partial charge in [-0.2, -0.15) is 9.78 Å². The molecule has 4 rings (SSSR count). The molecule has 0 aliphatic heterocycles. The van der Waals surface area contributed by atoms with Crippen molar-refractivity contribution in [2.45, 2.75) is 27.2 Å². The molecule has 0 aliphatic rings. The normalized spacial score (nSPS) is 10.7. The van der Waals surface area contributed by atoms with Crippen LogP contribution < -0.4 is 15.0 Å². The predicted molar refractivity (Wildman–Crippen MR) is 144 cm³/mol. The number of hydrogen-bond donors (Lipinski definition) is 1. The second-order valence-corrected chi connectivity index (χ2v) is 8.79. The molecule has 7 nitrogen and oxygen atoms in total. The zero-order chi connectivity index (χ0) is 25.8. The van der Waals surface area contributed by atoms with Crippen LogP contribution in [-0.2, 0) is 9.59 Å². The highest BCUT2D eigenvalue weighted by Gasteiger charge is 2.25. The highest BCUT2D eigenvalue weighted by atomic mass is 16.5. The molecule has 0 saturated heterocycles. The number of aromatic nitrogens is 2. The number of rotatable bonds is 7. The van der Waals surface area contributed by atoms with Crippen LogP contribution in [0.5, 0.6) is 5.88 Å². The van der Waals surface area contributed by atoms with Gasteiger partial charge in [-0.3, -0.25) is 9.59 Å². The van der Waals surface area contributed by atoms with Crippen molar-refractivity contribution in [3.05, 3.63) is 78.4 Å². The van der Waals surface area contributed by atoms with Crippen LogP contribution >= 0.6 is 0 Å². The van der Waals surface area contributed by atoms with E-state index < -0.39 is 5.97 Å². The molecule has 0 spiro atoms. The third-order valence-corrected chi connectivity index (χ3v) is 5.78. The maximum Gasteiger partial charge on any atom is 0.309 e. The van der Waals surface area contributed by atoms with Crippen molar-refractivity contribution in [3.8, 4) is 34.0 Å². The lowest BCUT2D eigenvalue weighted by Crippen LogP contribution is -2.09. The van der Waals surface area contributed by atoms with Gasteiger partial charge in [0.1, 0.15) is 5.69 Å². The molecule has 0 aliphatic carbocycles. The number of aryl methyl sites for hydroxylation is 1. The van der Waals surface area contributed by atoms with Gasteiger partial charge in [0.15, 0.2) is 0 Å². The second-order valence-electron chi connectivity index (χ2n) is 8.79. The van der Waals surface area contributed by atoms with Crippen molar-refractivity contribution in [3.63, 3.8) is 0 Å². The summed E-state index contributed by atoms with van der Waals surface area (Å²) >= 11 is 0. The lowest BCUT2D eigenvalue weighted by atomic mass is 10.0. The first kappa shape index (κ1) is 24.7. The maximum absolute atomic E-state index is 12.2. The standard InChI is InChI=1S/C29H30N4O3/c1-6-26(35)30-23-14-12-21(13-15-23)27-28(22-8-7-9-25(18-22)32(4)5)31-33(29(27)36-20(3)34)24-16-10-19(2)11-17-24/h7-18H,6H2,1-5H3,(H,30,35). The number of carbonyl (C=O) groups excluding carboxylic acids is 2. The van der Waals surface area contributed by atoms with E-state index in [1.165, 1.54) is 6.92 Å². The number of hydrogen-bond acceptors (Lipinski definition) is 5. The van der Waals surface area contributed by atoms with Crippen molar-refractivity contribution in [2.75, 3.05) is 24.3 Å². The van der Waals surface area contributed by atoms with Gasteiger partial charge in [-0.1, -0.05) is 48.9 Å². The van der Waals surface area contributed by atoms with E-state index in [2.05, 4.69) is 11.4 Å². The first-order chi connectivity index (χ1) is 17.3. The number of nitrogens with one attached hydrogen (secondary N) is 1. The SMILES string of the molecule is CCC(=O)Nc1ccc(-c2c(-c3cccc(N(C)C)c3)nn(-c3ccc(C)cc3)c2OC(C)=O)cc1. The van der Waals surface area contributed by atoms with E-state index in [0.29, 0.717) is 29.2 Å². The third kappa shape index (κ3) is 5.30. The van der Waals surface area contributed by atoms with Crippen LogP contribution in [0.15, 0.2) is 72.8 Å². The summed E-state index contributed by atoms with van der Waals surface area (Å²) < 4.78 is 7.46. The number of benzene rings is 3. The summed E-state index contributed by atoms with van der Waals surface area (Å²) in [5.41, 5.74) is 6.68. The van der Waals surface area contributed by atoms with Gasteiger partial charge in [0.25, 0.3) is 0 Å². The highest BCUT2D eigenvalue weighted by molar-refractivity contribution is 5.92. The molecule has 3 aromatic carbocycles. The fraction of sp³-hybridized carbons (Fsp3) is 0.207. The Kier molecular flexibility index (Phi) is 7.20. The van der Waals surface area contributed by atoms with Gasteiger partial charge >= 0.3 is 5.97 Å². The third-order valence-electron chi connectivity index (χ3n) is 5.78. The van der Waals surface area contributed by atoms with Crippen molar-refractivity contribution in [2.24, 2.45) is 0 Å². The fourth-order valence-corrected chi connectivity index (χ4v) is 3.86. The molecule has 0 fully saturated rings. The molecular formula is C29H30N4O3. The van der Waals surface area contributed by atoms with Gasteiger partial charge in [0, 0.05) is 44.4 Å². The number of nitrogens with zero attached hydrogens (tertiary/aromatic N) is 3. The van der Waals surface area contributed by atoms with Gasteiger partial charge in [0.2, 0.25) is 11.8 Å². The topological polar surface area (TPSA) is 76.5 Å². The summed E-state index contributed by atoms with van der Waals surface area (Å²) in [6, 6.07) is 23.4. The van der Waals surface area contributed by atoms with Crippen molar-refractivity contribution in [1.29, 1.82) is 0 Å². The lowest BCUT2D eigenvalue weighted by Gasteiger charge is -2.13. The van der Waals surface area contributed by atoms with Gasteiger partial charge < -0.3 is 15.0 Å². The molecule has 0 bridgehead atoms. The minimum atomic E-state index is -0.440. The molecule has 0 saturated carbocycles. The number of carbonyl (C=O) groups is 2. The Labute approximate surface area is 211 Å². The van der Waals surface area contributed by atoms with Crippen LogP contribution in [0.1, 0.15) is 25.8 Å². The first-order valence-electron chi connectivity index (χ1n) is 11.8. The molecule has 4 aromatic rings. The number of ether oxygens (including phenoxy) is 1. The van der Waals surface area contributed by atoms with Gasteiger partial charge in [-0.25, -0.2) is 0 Å². The summed E-state index contributed by atoms with van der Waals surface area (Å²) in [4.78, 5) is 26.1. The summed E-state index contributed by atoms with van der Waals surface area (Å²) in [7, 11) is 3.97. The van der Waals surface area contributed by atoms with E-state index in [4.69, 9.17) is 9.84 Å². The van der Waals surface area contributed by atoms with Crippen molar-refractivity contribution in [1.82, 2.24) is 9.78 Å². The average molecular weight is 483 g/mol. The first-order valence-corrected chi connectivity index (χ1v) is 11.8. The summed E-state index contributed by atoms with van der Waals surface area (Å²) in [5, 5.41) is 7.81. The zero-order valence-electron chi connectivity index (χ0n) is 21.2. The number of amides is 1. The maximum atomic E-state index is 12.2. The monoisotopic (exact) mass is 482 g/mol. The Morgan fingerprint density at radius 2 is 1.67 bits per heavy atom. The van der Waals surface area contributed by atoms with Crippen LogP contribution in [0.25, 0.3) is 28.1 Å². The average Bonchev–Trinajstić information content (AvgIpc) is 3.23. The Morgan fingerprint density at radius 3 is 2.28 bits per heavy atom. The van der Waals surface area contributed by atoms with E-state index in [1.54, 1.807) is 4.68 Å². The molecule has 0 unspecified atom stereocenters. The predicted octanol–water partition coefficient (Wildman–Crippen LogP) is 5.85. The van der Waals surface area contributed by atoms with Crippen LogP contribution in [-0.4, -0.2) is 35.8 Å². The van der Waals surface area contributed by atoms with E-state index in [1.807, 2.05) is 99.6 Å². The summed E-state index contributed by atoms with van der Waals surface area (Å²) in [6.07, 6.45) is 0.397. The van der Waals surface area contributed by atoms with Crippen molar-refractivity contribution < 1.29 is 14.3 Å². The minimum Gasteiger partial charge on any atom is -0.407 e. The largest absolute Gasteiger partial charge is 0.407 e. The molecule has 1 amide bonds. The Hall–Kier alpha value is -4.39. The molecule has 0 atom stereocenters. The number of anilines is 2. The van der Waals surface area contributed by atoms with Gasteiger partial charge in [0.05, 0.1) is 11.3 Å². The summed E-state index contributed by atoms with van der Waals surface area (Å²) in [6.45, 7) is 5.21. The Balaban J connectivity index is 1.95. The van der Waals surface area contributed by atoms with Crippen LogP contribution in [0, 0.1) is 6.92 Å². The molecule has 184 valence electrons. The summed E-state index contributed by atoms with van der Waals surface area (Å²) in [5.74, 6) is -0.163. The minimum absolute atomic E-state index is 0.0586. The van der Waals surface area contributed by atoms with E-state index in [-0.39, 0.29) is 5.91 Å².